The summed E-state index contributed by atoms with van der Waals surface area (Å²) in [6.07, 6.45) is 6.64. The zero-order chi connectivity index (χ0) is 9.15. The summed E-state index contributed by atoms with van der Waals surface area (Å²) in [4.78, 5) is 2.41. The number of nitrogens with two attached hydrogens (primary N) is 1. The summed E-state index contributed by atoms with van der Waals surface area (Å²) in [7, 11) is 0. The van der Waals surface area contributed by atoms with Crippen LogP contribution in [0.1, 0.15) is 12.8 Å². The van der Waals surface area contributed by atoms with E-state index >= 15 is 0 Å². The van der Waals surface area contributed by atoms with Gasteiger partial charge < -0.3 is 10.5 Å². The van der Waals surface area contributed by atoms with Gasteiger partial charge in [-0.05, 0) is 12.8 Å². The quantitative estimate of drug-likeness (QED) is 0.627. The number of hydrogen-bond donors (Lipinski definition) is 1. The molecule has 1 fully saturated rings. The van der Waals surface area contributed by atoms with Crippen molar-refractivity contribution < 1.29 is 4.74 Å². The van der Waals surface area contributed by atoms with Crippen LogP contribution in [0.25, 0.3) is 0 Å². The minimum atomic E-state index is -0.0782. The highest BCUT2D eigenvalue weighted by atomic mass is 16.5. The molecule has 74 valence electrons. The molecule has 0 spiro atoms. The first-order valence-electron chi connectivity index (χ1n) is 5.03. The Balaban J connectivity index is 1.85. The summed E-state index contributed by atoms with van der Waals surface area (Å²) >= 11 is 0. The molecule has 13 heavy (non-hydrogen) atoms. The molecule has 0 radical (unpaired) electrons. The molecule has 0 bridgehead atoms. The Morgan fingerprint density at radius 3 is 3.00 bits per heavy atom. The SMILES string of the molecule is NC1(CN2CC=CCC2)CCOC1. The second-order valence-corrected chi connectivity index (χ2v) is 4.16. The molecular formula is C10H18N2O. The molecule has 1 saturated heterocycles. The van der Waals surface area contributed by atoms with Crippen molar-refractivity contribution in [3.05, 3.63) is 12.2 Å². The topological polar surface area (TPSA) is 38.5 Å². The zero-order valence-corrected chi connectivity index (χ0v) is 8.04. The van der Waals surface area contributed by atoms with E-state index in [1.165, 1.54) is 0 Å². The lowest BCUT2D eigenvalue weighted by molar-refractivity contribution is 0.156. The maximum Gasteiger partial charge on any atom is 0.0659 e. The van der Waals surface area contributed by atoms with Crippen molar-refractivity contribution in [3.8, 4) is 0 Å². The van der Waals surface area contributed by atoms with Gasteiger partial charge in [-0.3, -0.25) is 4.90 Å². The molecule has 2 N–H and O–H groups in total. The van der Waals surface area contributed by atoms with Gasteiger partial charge in [0.05, 0.1) is 12.1 Å². The van der Waals surface area contributed by atoms with Gasteiger partial charge in [-0.25, -0.2) is 0 Å². The Morgan fingerprint density at radius 2 is 2.38 bits per heavy atom. The molecule has 3 nitrogen and oxygen atoms in total. The minimum Gasteiger partial charge on any atom is -0.379 e. The molecule has 2 aliphatic heterocycles. The van der Waals surface area contributed by atoms with Crippen molar-refractivity contribution in [3.63, 3.8) is 0 Å². The number of rotatable bonds is 2. The van der Waals surface area contributed by atoms with E-state index in [0.29, 0.717) is 0 Å². The first-order valence-corrected chi connectivity index (χ1v) is 5.03. The van der Waals surface area contributed by atoms with E-state index in [2.05, 4.69) is 17.1 Å². The first kappa shape index (κ1) is 9.19. The summed E-state index contributed by atoms with van der Waals surface area (Å²) in [5.41, 5.74) is 6.12. The minimum absolute atomic E-state index is 0.0782. The number of hydrogen-bond acceptors (Lipinski definition) is 3. The van der Waals surface area contributed by atoms with Crippen molar-refractivity contribution in [1.82, 2.24) is 4.90 Å². The van der Waals surface area contributed by atoms with E-state index in [-0.39, 0.29) is 5.54 Å². The second kappa shape index (κ2) is 3.78. The Morgan fingerprint density at radius 1 is 1.46 bits per heavy atom. The summed E-state index contributed by atoms with van der Waals surface area (Å²) < 4.78 is 5.33. The molecule has 2 heterocycles. The molecule has 0 aliphatic carbocycles. The van der Waals surface area contributed by atoms with E-state index in [1.54, 1.807) is 0 Å². The van der Waals surface area contributed by atoms with Crippen molar-refractivity contribution in [1.29, 1.82) is 0 Å². The normalized spacial score (nSPS) is 35.5. The Bertz CT molecular complexity index is 197. The van der Waals surface area contributed by atoms with E-state index < -0.39 is 0 Å². The fourth-order valence-corrected chi connectivity index (χ4v) is 2.03. The predicted molar refractivity (Wildman–Crippen MR) is 52.6 cm³/mol. The van der Waals surface area contributed by atoms with Gasteiger partial charge in [0.25, 0.3) is 0 Å². The maximum absolute atomic E-state index is 6.20. The number of ether oxygens (including phenoxy) is 1. The lowest BCUT2D eigenvalue weighted by Gasteiger charge is -2.31. The summed E-state index contributed by atoms with van der Waals surface area (Å²) in [5, 5.41) is 0. The maximum atomic E-state index is 6.20. The van der Waals surface area contributed by atoms with Crippen LogP contribution in [0.4, 0.5) is 0 Å². The Kier molecular flexibility index (Phi) is 2.67. The molecule has 0 aromatic rings. The van der Waals surface area contributed by atoms with Crippen molar-refractivity contribution >= 4 is 0 Å². The van der Waals surface area contributed by atoms with Crippen LogP contribution >= 0.6 is 0 Å². The summed E-state index contributed by atoms with van der Waals surface area (Å²) in [6.45, 7) is 4.75. The monoisotopic (exact) mass is 182 g/mol. The van der Waals surface area contributed by atoms with Gasteiger partial charge in [0, 0.05) is 26.2 Å². The molecule has 3 heteroatoms. The summed E-state index contributed by atoms with van der Waals surface area (Å²) in [6, 6.07) is 0. The van der Waals surface area contributed by atoms with Gasteiger partial charge >= 0.3 is 0 Å². The third kappa shape index (κ3) is 2.30. The lowest BCUT2D eigenvalue weighted by Crippen LogP contribution is -2.51. The largest absolute Gasteiger partial charge is 0.379 e. The molecule has 1 atom stereocenters. The van der Waals surface area contributed by atoms with E-state index in [9.17, 15) is 0 Å². The van der Waals surface area contributed by atoms with E-state index in [4.69, 9.17) is 10.5 Å². The average molecular weight is 182 g/mol. The van der Waals surface area contributed by atoms with E-state index in [0.717, 1.165) is 45.7 Å². The van der Waals surface area contributed by atoms with Crippen molar-refractivity contribution in [2.45, 2.75) is 18.4 Å². The molecule has 0 amide bonds. The van der Waals surface area contributed by atoms with Gasteiger partial charge in [0.1, 0.15) is 0 Å². The van der Waals surface area contributed by atoms with Gasteiger partial charge in [-0.2, -0.15) is 0 Å². The average Bonchev–Trinajstić information content (AvgIpc) is 2.54. The van der Waals surface area contributed by atoms with Crippen LogP contribution in [-0.2, 0) is 4.74 Å². The van der Waals surface area contributed by atoms with Gasteiger partial charge in [-0.15, -0.1) is 0 Å². The highest BCUT2D eigenvalue weighted by molar-refractivity contribution is 4.96. The molecule has 2 aliphatic rings. The van der Waals surface area contributed by atoms with Crippen LogP contribution in [0.3, 0.4) is 0 Å². The van der Waals surface area contributed by atoms with Crippen LogP contribution < -0.4 is 5.73 Å². The standard InChI is InChI=1S/C10H18N2O/c11-10(4-7-13-9-10)8-12-5-2-1-3-6-12/h1-2H,3-9,11H2. The smallest absolute Gasteiger partial charge is 0.0659 e. The van der Waals surface area contributed by atoms with Gasteiger partial charge in [-0.1, -0.05) is 12.2 Å². The third-order valence-electron chi connectivity index (χ3n) is 2.81. The molecule has 2 rings (SSSR count). The van der Waals surface area contributed by atoms with Crippen molar-refractivity contribution in [2.75, 3.05) is 32.8 Å². The third-order valence-corrected chi connectivity index (χ3v) is 2.81. The van der Waals surface area contributed by atoms with Gasteiger partial charge in [0.2, 0.25) is 0 Å². The Labute approximate surface area is 79.5 Å². The van der Waals surface area contributed by atoms with Crippen molar-refractivity contribution in [2.24, 2.45) is 5.73 Å². The first-order chi connectivity index (χ1) is 6.29. The molecular weight excluding hydrogens is 164 g/mol. The highest BCUT2D eigenvalue weighted by Crippen LogP contribution is 2.17. The molecule has 0 aromatic heterocycles. The second-order valence-electron chi connectivity index (χ2n) is 4.16. The van der Waals surface area contributed by atoms with Crippen LogP contribution in [0, 0.1) is 0 Å². The molecule has 0 saturated carbocycles. The summed E-state index contributed by atoms with van der Waals surface area (Å²) in [5.74, 6) is 0. The van der Waals surface area contributed by atoms with Crippen LogP contribution in [-0.4, -0.2) is 43.3 Å². The predicted octanol–water partition coefficient (Wildman–Crippen LogP) is 0.366. The van der Waals surface area contributed by atoms with E-state index in [1.807, 2.05) is 0 Å². The fraction of sp³-hybridized carbons (Fsp3) is 0.800. The zero-order valence-electron chi connectivity index (χ0n) is 8.04. The lowest BCUT2D eigenvalue weighted by atomic mass is 9.99. The Hall–Kier alpha value is -0.380. The van der Waals surface area contributed by atoms with Gasteiger partial charge in [0.15, 0.2) is 0 Å². The molecule has 0 aromatic carbocycles. The number of nitrogens with zero attached hydrogens (tertiary/aromatic N) is 1. The van der Waals surface area contributed by atoms with Crippen LogP contribution in [0.5, 0.6) is 0 Å². The fourth-order valence-electron chi connectivity index (χ4n) is 2.03. The van der Waals surface area contributed by atoms with Crippen LogP contribution in [0.2, 0.25) is 0 Å². The molecule has 1 unspecified atom stereocenters. The highest BCUT2D eigenvalue weighted by Gasteiger charge is 2.32. The van der Waals surface area contributed by atoms with Crippen LogP contribution in [0.15, 0.2) is 12.2 Å².